The van der Waals surface area contributed by atoms with Crippen LogP contribution in [0.4, 0.5) is 10.1 Å². The first kappa shape index (κ1) is 25.5. The van der Waals surface area contributed by atoms with Crippen molar-refractivity contribution in [2.45, 2.75) is 58.2 Å². The van der Waals surface area contributed by atoms with Gasteiger partial charge in [-0.2, -0.15) is 0 Å². The summed E-state index contributed by atoms with van der Waals surface area (Å²) in [5.74, 6) is 0.0729. The second kappa shape index (κ2) is 11.4. The highest BCUT2D eigenvalue weighted by atomic mass is 35.5. The standard InChI is InChI=1S/C27H33ClFN3O3/c1-18-15-32(19(2)14-31(18)16-20-7-10-23(29)11-8-20)26(33)17-35-25-12-9-22(28)13-24(25)30-27(34)21-5-3-4-6-21/h7-13,18-19,21H,3-6,14-17H2,1-2H3,(H,30,34)/t18-,19+/m1/s1. The monoisotopic (exact) mass is 501 g/mol. The largest absolute Gasteiger partial charge is 0.482 e. The number of carbonyl (C=O) groups excluding carboxylic acids is 2. The molecular formula is C27H33ClFN3O3. The smallest absolute Gasteiger partial charge is 0.260 e. The SMILES string of the molecule is C[C@@H]1CN(C(=O)COc2ccc(Cl)cc2NC(=O)C2CCCC2)[C@@H](C)CN1Cc1ccc(F)cc1. The van der Waals surface area contributed by atoms with Crippen molar-refractivity contribution in [3.05, 3.63) is 58.9 Å². The molecule has 2 amide bonds. The van der Waals surface area contributed by atoms with Crippen LogP contribution >= 0.6 is 11.6 Å². The van der Waals surface area contributed by atoms with Crippen LogP contribution in [-0.4, -0.2) is 53.4 Å². The number of amides is 2. The molecule has 8 heteroatoms. The number of nitrogens with zero attached hydrogens (tertiary/aromatic N) is 2. The zero-order chi connectivity index (χ0) is 24.9. The van der Waals surface area contributed by atoms with Crippen molar-refractivity contribution < 1.29 is 18.7 Å². The van der Waals surface area contributed by atoms with Crippen molar-refractivity contribution >= 4 is 29.1 Å². The molecule has 2 atom stereocenters. The van der Waals surface area contributed by atoms with Crippen molar-refractivity contribution in [2.75, 3.05) is 25.0 Å². The van der Waals surface area contributed by atoms with Crippen LogP contribution in [-0.2, 0) is 16.1 Å². The third-order valence-electron chi connectivity index (χ3n) is 7.01. The van der Waals surface area contributed by atoms with Crippen LogP contribution in [0.15, 0.2) is 42.5 Å². The highest BCUT2D eigenvalue weighted by Crippen LogP contribution is 2.31. The zero-order valence-corrected chi connectivity index (χ0v) is 21.1. The van der Waals surface area contributed by atoms with Gasteiger partial charge in [-0.15, -0.1) is 0 Å². The second-order valence-corrected chi connectivity index (χ2v) is 10.1. The van der Waals surface area contributed by atoms with Gasteiger partial charge in [0.25, 0.3) is 5.91 Å². The molecule has 188 valence electrons. The Hall–Kier alpha value is -2.64. The number of rotatable bonds is 7. The van der Waals surface area contributed by atoms with Crippen molar-refractivity contribution in [3.63, 3.8) is 0 Å². The van der Waals surface area contributed by atoms with Gasteiger partial charge in [0, 0.05) is 42.7 Å². The number of piperazine rings is 1. The normalized spacial score (nSPS) is 21.2. The molecule has 6 nitrogen and oxygen atoms in total. The molecule has 2 aliphatic rings. The predicted molar refractivity (Wildman–Crippen MR) is 135 cm³/mol. The van der Waals surface area contributed by atoms with Gasteiger partial charge >= 0.3 is 0 Å². The van der Waals surface area contributed by atoms with E-state index < -0.39 is 0 Å². The maximum atomic E-state index is 13.2. The summed E-state index contributed by atoms with van der Waals surface area (Å²) >= 11 is 6.15. The number of hydrogen-bond acceptors (Lipinski definition) is 4. The Kier molecular flexibility index (Phi) is 8.29. The fourth-order valence-electron chi connectivity index (χ4n) is 4.96. The molecule has 0 radical (unpaired) electrons. The Morgan fingerprint density at radius 3 is 2.49 bits per heavy atom. The molecule has 1 saturated carbocycles. The van der Waals surface area contributed by atoms with Gasteiger partial charge in [-0.05, 0) is 62.6 Å². The van der Waals surface area contributed by atoms with E-state index in [0.717, 1.165) is 31.2 Å². The third-order valence-corrected chi connectivity index (χ3v) is 7.25. The van der Waals surface area contributed by atoms with Crippen molar-refractivity contribution in [1.29, 1.82) is 0 Å². The third kappa shape index (κ3) is 6.53. The molecule has 0 bridgehead atoms. The van der Waals surface area contributed by atoms with Gasteiger partial charge < -0.3 is 15.0 Å². The first-order chi connectivity index (χ1) is 16.8. The average Bonchev–Trinajstić information content (AvgIpc) is 3.37. The zero-order valence-electron chi connectivity index (χ0n) is 20.3. The summed E-state index contributed by atoms with van der Waals surface area (Å²) in [5.41, 5.74) is 1.54. The molecule has 4 rings (SSSR count). The number of benzene rings is 2. The summed E-state index contributed by atoms with van der Waals surface area (Å²) in [6.45, 7) is 6.00. The van der Waals surface area contributed by atoms with Crippen LogP contribution in [0.25, 0.3) is 0 Å². The quantitative estimate of drug-likeness (QED) is 0.573. The van der Waals surface area contributed by atoms with Gasteiger partial charge in [0.15, 0.2) is 6.61 Å². The van der Waals surface area contributed by atoms with Crippen LogP contribution in [0.2, 0.25) is 5.02 Å². The lowest BCUT2D eigenvalue weighted by molar-refractivity contribution is -0.139. The Morgan fingerprint density at radius 2 is 1.77 bits per heavy atom. The van der Waals surface area contributed by atoms with Gasteiger partial charge in [0.05, 0.1) is 5.69 Å². The molecule has 2 aromatic carbocycles. The minimum absolute atomic E-state index is 0.00880. The summed E-state index contributed by atoms with van der Waals surface area (Å²) in [7, 11) is 0. The van der Waals surface area contributed by atoms with Crippen LogP contribution in [0.1, 0.15) is 45.1 Å². The van der Waals surface area contributed by atoms with Crippen LogP contribution in [0, 0.1) is 11.7 Å². The minimum Gasteiger partial charge on any atom is -0.482 e. The molecule has 0 unspecified atom stereocenters. The molecule has 2 fully saturated rings. The van der Waals surface area contributed by atoms with E-state index in [1.807, 2.05) is 11.8 Å². The average molecular weight is 502 g/mol. The van der Waals surface area contributed by atoms with Gasteiger partial charge in [0.1, 0.15) is 11.6 Å². The Labute approximate surface area is 211 Å². The number of anilines is 1. The van der Waals surface area contributed by atoms with E-state index in [2.05, 4.69) is 17.1 Å². The number of ether oxygens (including phenoxy) is 1. The molecule has 35 heavy (non-hydrogen) atoms. The van der Waals surface area contributed by atoms with E-state index in [-0.39, 0.29) is 42.2 Å². The molecule has 1 saturated heterocycles. The van der Waals surface area contributed by atoms with Crippen molar-refractivity contribution in [1.82, 2.24) is 9.80 Å². The van der Waals surface area contributed by atoms with E-state index in [1.165, 1.54) is 12.1 Å². The maximum Gasteiger partial charge on any atom is 0.260 e. The summed E-state index contributed by atoms with van der Waals surface area (Å²) in [4.78, 5) is 29.8. The summed E-state index contributed by atoms with van der Waals surface area (Å²) < 4.78 is 19.1. The lowest BCUT2D eigenvalue weighted by atomic mass is 10.1. The Morgan fingerprint density at radius 1 is 1.06 bits per heavy atom. The topological polar surface area (TPSA) is 61.9 Å². The van der Waals surface area contributed by atoms with Crippen LogP contribution in [0.5, 0.6) is 5.75 Å². The molecule has 1 aliphatic carbocycles. The molecule has 1 heterocycles. The molecule has 0 aromatic heterocycles. The summed E-state index contributed by atoms with van der Waals surface area (Å²) in [6, 6.07) is 11.7. The Bertz CT molecular complexity index is 1040. The molecule has 2 aromatic rings. The van der Waals surface area contributed by atoms with E-state index >= 15 is 0 Å². The first-order valence-corrected chi connectivity index (χ1v) is 12.7. The highest BCUT2D eigenvalue weighted by Gasteiger charge is 2.32. The van der Waals surface area contributed by atoms with E-state index in [4.69, 9.17) is 16.3 Å². The number of hydrogen-bond donors (Lipinski definition) is 1. The van der Waals surface area contributed by atoms with E-state index in [9.17, 15) is 14.0 Å². The molecule has 1 aliphatic heterocycles. The molecule has 0 spiro atoms. The molecule has 1 N–H and O–H groups in total. The first-order valence-electron chi connectivity index (χ1n) is 12.3. The number of halogens is 2. The highest BCUT2D eigenvalue weighted by molar-refractivity contribution is 6.31. The summed E-state index contributed by atoms with van der Waals surface area (Å²) in [6.07, 6.45) is 3.92. The van der Waals surface area contributed by atoms with E-state index in [0.29, 0.717) is 36.1 Å². The second-order valence-electron chi connectivity index (χ2n) is 9.70. The van der Waals surface area contributed by atoms with Crippen molar-refractivity contribution in [3.8, 4) is 5.75 Å². The Balaban J connectivity index is 1.34. The summed E-state index contributed by atoms with van der Waals surface area (Å²) in [5, 5.41) is 3.43. The minimum atomic E-state index is -0.243. The predicted octanol–water partition coefficient (Wildman–Crippen LogP) is 5.11. The van der Waals surface area contributed by atoms with Gasteiger partial charge in [-0.25, -0.2) is 4.39 Å². The number of nitrogens with one attached hydrogen (secondary N) is 1. The lowest BCUT2D eigenvalue weighted by Gasteiger charge is -2.44. The van der Waals surface area contributed by atoms with Gasteiger partial charge in [-0.1, -0.05) is 36.6 Å². The number of carbonyl (C=O) groups is 2. The van der Waals surface area contributed by atoms with E-state index in [1.54, 1.807) is 30.3 Å². The van der Waals surface area contributed by atoms with Crippen molar-refractivity contribution in [2.24, 2.45) is 5.92 Å². The van der Waals surface area contributed by atoms with Gasteiger partial charge in [0.2, 0.25) is 5.91 Å². The van der Waals surface area contributed by atoms with Gasteiger partial charge in [-0.3, -0.25) is 14.5 Å². The van der Waals surface area contributed by atoms with Crippen LogP contribution in [0.3, 0.4) is 0 Å². The molecular weight excluding hydrogens is 469 g/mol. The maximum absolute atomic E-state index is 13.2. The fraction of sp³-hybridized carbons (Fsp3) is 0.481. The fourth-order valence-corrected chi connectivity index (χ4v) is 5.13. The van der Waals surface area contributed by atoms with Crippen LogP contribution < -0.4 is 10.1 Å². The lowest BCUT2D eigenvalue weighted by Crippen LogP contribution is -2.58.